The molecule has 2 heterocycles. The Hall–Kier alpha value is -0.180. The van der Waals surface area contributed by atoms with Crippen LogP contribution < -0.4 is 0 Å². The van der Waals surface area contributed by atoms with Crippen LogP contribution in [0.25, 0.3) is 0 Å². The van der Waals surface area contributed by atoms with E-state index in [1.807, 2.05) is 18.7 Å². The van der Waals surface area contributed by atoms with Crippen LogP contribution in [0.2, 0.25) is 0 Å². The Labute approximate surface area is 71.7 Å². The summed E-state index contributed by atoms with van der Waals surface area (Å²) in [6.45, 7) is 4.96. The molecule has 0 aromatic heterocycles. The number of alkyl halides is 2. The monoisotopic (exact) mass is 175 g/mol. The molecule has 2 aliphatic heterocycles. The lowest BCUT2D eigenvalue weighted by Gasteiger charge is -2.50. The first-order chi connectivity index (χ1) is 5.46. The van der Waals surface area contributed by atoms with Crippen LogP contribution in [0, 0.1) is 5.92 Å². The summed E-state index contributed by atoms with van der Waals surface area (Å²) in [4.78, 5) is 1.96. The second-order valence-corrected chi connectivity index (χ2v) is 4.46. The van der Waals surface area contributed by atoms with Crippen molar-refractivity contribution in [3.05, 3.63) is 0 Å². The topological polar surface area (TPSA) is 3.24 Å². The van der Waals surface area contributed by atoms with Gasteiger partial charge in [0.05, 0.1) is 6.54 Å². The minimum Gasteiger partial charge on any atom is -0.291 e. The lowest BCUT2D eigenvalue weighted by molar-refractivity contribution is -0.0116. The van der Waals surface area contributed by atoms with Crippen LogP contribution in [0.15, 0.2) is 0 Å². The zero-order valence-electron chi connectivity index (χ0n) is 7.61. The molecule has 70 valence electrons. The average Bonchev–Trinajstić information content (AvgIpc) is 2.08. The Bertz CT molecular complexity index is 203. The standard InChI is InChI=1S/C9H15F2N/c1-7(2)8-3-4-12(8)6-9(10,11)5-8/h7H,3-6H2,1-2H3. The summed E-state index contributed by atoms with van der Waals surface area (Å²) >= 11 is 0. The van der Waals surface area contributed by atoms with Crippen molar-refractivity contribution in [1.29, 1.82) is 0 Å². The maximum atomic E-state index is 13.0. The third-order valence-corrected chi connectivity index (χ3v) is 3.51. The van der Waals surface area contributed by atoms with Gasteiger partial charge in [-0.25, -0.2) is 8.78 Å². The number of rotatable bonds is 1. The molecule has 2 aliphatic rings. The number of hydrogen-bond acceptors (Lipinski definition) is 1. The molecule has 0 radical (unpaired) electrons. The molecule has 0 bridgehead atoms. The SMILES string of the molecule is CC(C)C12CCN1CC(F)(F)C2. The lowest BCUT2D eigenvalue weighted by Crippen LogP contribution is -2.58. The van der Waals surface area contributed by atoms with Gasteiger partial charge in [-0.15, -0.1) is 0 Å². The quantitative estimate of drug-likeness (QED) is 0.590. The summed E-state index contributed by atoms with van der Waals surface area (Å²) in [7, 11) is 0. The molecular formula is C9H15F2N. The van der Waals surface area contributed by atoms with Gasteiger partial charge in [0, 0.05) is 18.5 Å². The molecule has 0 saturated carbocycles. The fraction of sp³-hybridized carbons (Fsp3) is 1.00. The number of nitrogens with zero attached hydrogens (tertiary/aromatic N) is 1. The van der Waals surface area contributed by atoms with E-state index in [0.29, 0.717) is 5.92 Å². The summed E-state index contributed by atoms with van der Waals surface area (Å²) in [5, 5.41) is 0. The first kappa shape index (κ1) is 8.42. The molecule has 0 aromatic rings. The predicted molar refractivity (Wildman–Crippen MR) is 43.3 cm³/mol. The van der Waals surface area contributed by atoms with Gasteiger partial charge < -0.3 is 0 Å². The molecule has 0 aromatic carbocycles. The summed E-state index contributed by atoms with van der Waals surface area (Å²) in [6, 6.07) is 0. The van der Waals surface area contributed by atoms with Crippen molar-refractivity contribution in [2.75, 3.05) is 13.1 Å². The van der Waals surface area contributed by atoms with Gasteiger partial charge in [0.25, 0.3) is 5.92 Å². The first-order valence-corrected chi connectivity index (χ1v) is 4.59. The highest BCUT2D eigenvalue weighted by atomic mass is 19.3. The molecule has 2 rings (SSSR count). The summed E-state index contributed by atoms with van der Waals surface area (Å²) in [6.07, 6.45) is 1.04. The van der Waals surface area contributed by atoms with Crippen LogP contribution in [0.4, 0.5) is 8.78 Å². The second kappa shape index (κ2) is 2.19. The third-order valence-electron chi connectivity index (χ3n) is 3.51. The van der Waals surface area contributed by atoms with Gasteiger partial charge in [-0.05, 0) is 12.3 Å². The Morgan fingerprint density at radius 3 is 2.25 bits per heavy atom. The Kier molecular flexibility index (Phi) is 1.54. The van der Waals surface area contributed by atoms with E-state index in [1.165, 1.54) is 0 Å². The zero-order valence-corrected chi connectivity index (χ0v) is 7.61. The molecule has 0 spiro atoms. The van der Waals surface area contributed by atoms with E-state index in [4.69, 9.17) is 0 Å². The maximum absolute atomic E-state index is 13.0. The lowest BCUT2D eigenvalue weighted by atomic mass is 9.75. The van der Waals surface area contributed by atoms with Crippen LogP contribution in [-0.4, -0.2) is 29.5 Å². The first-order valence-electron chi connectivity index (χ1n) is 4.59. The predicted octanol–water partition coefficient (Wildman–Crippen LogP) is 2.13. The van der Waals surface area contributed by atoms with E-state index in [-0.39, 0.29) is 18.5 Å². The molecule has 3 heteroatoms. The number of halogens is 2. The molecule has 0 aliphatic carbocycles. The van der Waals surface area contributed by atoms with Crippen molar-refractivity contribution in [2.45, 2.75) is 38.2 Å². The van der Waals surface area contributed by atoms with Crippen LogP contribution >= 0.6 is 0 Å². The van der Waals surface area contributed by atoms with Crippen LogP contribution in [0.1, 0.15) is 26.7 Å². The molecular weight excluding hydrogens is 160 g/mol. The van der Waals surface area contributed by atoms with Gasteiger partial charge in [-0.2, -0.15) is 0 Å². The van der Waals surface area contributed by atoms with Crippen molar-refractivity contribution in [3.63, 3.8) is 0 Å². The summed E-state index contributed by atoms with van der Waals surface area (Å²) in [5.74, 6) is -2.07. The van der Waals surface area contributed by atoms with Crippen molar-refractivity contribution in [3.8, 4) is 0 Å². The highest BCUT2D eigenvalue weighted by Crippen LogP contribution is 2.51. The Morgan fingerprint density at radius 1 is 1.33 bits per heavy atom. The van der Waals surface area contributed by atoms with Crippen molar-refractivity contribution >= 4 is 0 Å². The van der Waals surface area contributed by atoms with E-state index in [2.05, 4.69) is 0 Å². The van der Waals surface area contributed by atoms with E-state index in [0.717, 1.165) is 13.0 Å². The fourth-order valence-corrected chi connectivity index (χ4v) is 2.63. The Morgan fingerprint density at radius 2 is 2.00 bits per heavy atom. The van der Waals surface area contributed by atoms with E-state index in [1.54, 1.807) is 0 Å². The van der Waals surface area contributed by atoms with Crippen LogP contribution in [0.3, 0.4) is 0 Å². The van der Waals surface area contributed by atoms with Gasteiger partial charge >= 0.3 is 0 Å². The van der Waals surface area contributed by atoms with Crippen LogP contribution in [0.5, 0.6) is 0 Å². The van der Waals surface area contributed by atoms with Gasteiger partial charge in [-0.1, -0.05) is 13.8 Å². The second-order valence-electron chi connectivity index (χ2n) is 4.46. The largest absolute Gasteiger partial charge is 0.291 e. The minimum atomic E-state index is -2.43. The Balaban J connectivity index is 2.19. The van der Waals surface area contributed by atoms with Gasteiger partial charge in [0.15, 0.2) is 0 Å². The zero-order chi connectivity index (χ0) is 8.98. The third kappa shape index (κ3) is 0.920. The minimum absolute atomic E-state index is 0.00875. The van der Waals surface area contributed by atoms with Crippen LogP contribution in [-0.2, 0) is 0 Å². The van der Waals surface area contributed by atoms with E-state index >= 15 is 0 Å². The fourth-order valence-electron chi connectivity index (χ4n) is 2.63. The highest BCUT2D eigenvalue weighted by molar-refractivity contribution is 5.10. The summed E-state index contributed by atoms with van der Waals surface area (Å²) in [5.41, 5.74) is -0.149. The summed E-state index contributed by atoms with van der Waals surface area (Å²) < 4.78 is 26.1. The van der Waals surface area contributed by atoms with Crippen molar-refractivity contribution in [2.24, 2.45) is 5.92 Å². The maximum Gasteiger partial charge on any atom is 0.262 e. The normalized spacial score (nSPS) is 39.8. The smallest absolute Gasteiger partial charge is 0.262 e. The number of fused-ring (bicyclic) bond motifs is 1. The molecule has 1 unspecified atom stereocenters. The molecule has 0 N–H and O–H groups in total. The van der Waals surface area contributed by atoms with Gasteiger partial charge in [0.2, 0.25) is 0 Å². The molecule has 2 fully saturated rings. The van der Waals surface area contributed by atoms with E-state index < -0.39 is 5.92 Å². The van der Waals surface area contributed by atoms with Crippen molar-refractivity contribution < 1.29 is 8.78 Å². The molecule has 1 nitrogen and oxygen atoms in total. The highest BCUT2D eigenvalue weighted by Gasteiger charge is 2.60. The molecule has 2 saturated heterocycles. The molecule has 1 atom stereocenters. The van der Waals surface area contributed by atoms with Crippen molar-refractivity contribution in [1.82, 2.24) is 4.90 Å². The molecule has 12 heavy (non-hydrogen) atoms. The van der Waals surface area contributed by atoms with Gasteiger partial charge in [-0.3, -0.25) is 4.90 Å². The average molecular weight is 175 g/mol. The molecule has 0 amide bonds. The van der Waals surface area contributed by atoms with E-state index in [9.17, 15) is 8.78 Å². The number of hydrogen-bond donors (Lipinski definition) is 0. The van der Waals surface area contributed by atoms with Gasteiger partial charge in [0.1, 0.15) is 0 Å².